The second-order valence-corrected chi connectivity index (χ2v) is 5.56. The minimum atomic E-state index is -1.18. The molecule has 0 aromatic carbocycles. The number of hydrogen-bond acceptors (Lipinski definition) is 4. The summed E-state index contributed by atoms with van der Waals surface area (Å²) in [5, 5.41) is 0. The van der Waals surface area contributed by atoms with Crippen molar-refractivity contribution in [3.05, 3.63) is 11.4 Å². The molecule has 0 heterocycles. The van der Waals surface area contributed by atoms with E-state index in [0.717, 1.165) is 0 Å². The number of hydrogen-bond donors (Lipinski definition) is 0. The Labute approximate surface area is 114 Å². The zero-order chi connectivity index (χ0) is 15.3. The maximum atomic E-state index is 12.1. The molecule has 0 spiro atoms. The van der Waals surface area contributed by atoms with Gasteiger partial charge >= 0.3 is 12.1 Å². The van der Waals surface area contributed by atoms with Gasteiger partial charge in [0.2, 0.25) is 6.54 Å². The van der Waals surface area contributed by atoms with E-state index in [1.807, 2.05) is 0 Å². The van der Waals surface area contributed by atoms with Crippen LogP contribution in [-0.4, -0.2) is 48.3 Å². The van der Waals surface area contributed by atoms with E-state index in [4.69, 9.17) is 16.0 Å². The van der Waals surface area contributed by atoms with Crippen LogP contribution >= 0.6 is 0 Å². The lowest BCUT2D eigenvalue weighted by Crippen LogP contribution is -2.55. The first kappa shape index (κ1) is 17.2. The highest BCUT2D eigenvalue weighted by Gasteiger charge is 2.41. The van der Waals surface area contributed by atoms with E-state index >= 15 is 0 Å². The van der Waals surface area contributed by atoms with E-state index in [9.17, 15) is 9.59 Å². The fourth-order valence-corrected chi connectivity index (χ4v) is 1.43. The largest absolute Gasteiger partial charge is 0.467 e. The fraction of sp³-hybridized carbons (Fsp3) is 0.769. The second-order valence-electron chi connectivity index (χ2n) is 5.56. The van der Waals surface area contributed by atoms with Gasteiger partial charge in [-0.25, -0.2) is 16.2 Å². The molecule has 0 saturated carbocycles. The molecule has 0 aliphatic carbocycles. The normalized spacial score (nSPS) is 11.4. The van der Waals surface area contributed by atoms with Crippen molar-refractivity contribution in [3.63, 3.8) is 0 Å². The third-order valence-electron chi connectivity index (χ3n) is 2.41. The van der Waals surface area contributed by atoms with Crippen molar-refractivity contribution in [2.45, 2.75) is 45.8 Å². The number of nitrogens with zero attached hydrogens (tertiary/aromatic N) is 2. The number of rotatable bonds is 4. The van der Waals surface area contributed by atoms with Crippen molar-refractivity contribution in [1.82, 2.24) is 4.90 Å². The lowest BCUT2D eigenvalue weighted by molar-refractivity contribution is -0.152. The fourth-order valence-electron chi connectivity index (χ4n) is 1.43. The molecule has 108 valence electrons. The highest BCUT2D eigenvalue weighted by Crippen LogP contribution is 2.20. The molecule has 19 heavy (non-hydrogen) atoms. The summed E-state index contributed by atoms with van der Waals surface area (Å²) >= 11 is 0. The Morgan fingerprint density at radius 1 is 1.21 bits per heavy atom. The molecule has 0 N–H and O–H groups in total. The van der Waals surface area contributed by atoms with Crippen molar-refractivity contribution in [1.29, 1.82) is 0 Å². The summed E-state index contributed by atoms with van der Waals surface area (Å²) in [5.74, 6) is -0.552. The molecule has 6 heteroatoms. The Bertz CT molecular complexity index is 377. The van der Waals surface area contributed by atoms with Crippen LogP contribution in [0, 0.1) is 6.57 Å². The number of carbonyl (C=O) groups is 2. The van der Waals surface area contributed by atoms with Crippen LogP contribution in [0.2, 0.25) is 0 Å². The third-order valence-corrected chi connectivity index (χ3v) is 2.41. The molecule has 0 rings (SSSR count). The van der Waals surface area contributed by atoms with Gasteiger partial charge in [0.25, 0.3) is 0 Å². The van der Waals surface area contributed by atoms with Crippen molar-refractivity contribution < 1.29 is 19.1 Å². The number of esters is 1. The van der Waals surface area contributed by atoms with Crippen LogP contribution in [-0.2, 0) is 14.3 Å². The van der Waals surface area contributed by atoms with Gasteiger partial charge in [-0.3, -0.25) is 4.90 Å². The van der Waals surface area contributed by atoms with Gasteiger partial charge in [0.1, 0.15) is 11.1 Å². The Kier molecular flexibility index (Phi) is 5.81. The van der Waals surface area contributed by atoms with Crippen LogP contribution in [0.4, 0.5) is 4.79 Å². The molecule has 0 aliphatic rings. The van der Waals surface area contributed by atoms with E-state index in [0.29, 0.717) is 0 Å². The monoisotopic (exact) mass is 270 g/mol. The molecule has 0 atom stereocenters. The Morgan fingerprint density at radius 3 is 2.11 bits per heavy atom. The average Bonchev–Trinajstić information content (AvgIpc) is 2.25. The summed E-state index contributed by atoms with van der Waals surface area (Å²) in [7, 11) is 1.26. The molecular formula is C13H22N2O4. The van der Waals surface area contributed by atoms with Gasteiger partial charge in [0.15, 0.2) is 0 Å². The number of amides is 1. The number of ether oxygens (including phenoxy) is 2. The standard InChI is InChI=1S/C13H22N2O4/c1-12(2,3)19-11(17)15(9-8-14-6)13(4,5)10(16)18-7/h8-9H2,1-5,7H3. The Balaban J connectivity index is 5.16. The van der Waals surface area contributed by atoms with E-state index in [1.54, 1.807) is 34.6 Å². The zero-order valence-corrected chi connectivity index (χ0v) is 12.4. The first-order chi connectivity index (χ1) is 8.56. The summed E-state index contributed by atoms with van der Waals surface area (Å²) in [5.41, 5.74) is -1.85. The molecule has 0 saturated heterocycles. The molecule has 0 aliphatic heterocycles. The van der Waals surface area contributed by atoms with Crippen LogP contribution in [0.3, 0.4) is 0 Å². The highest BCUT2D eigenvalue weighted by molar-refractivity contribution is 5.85. The van der Waals surface area contributed by atoms with Gasteiger partial charge in [0.05, 0.1) is 13.7 Å². The molecule has 0 unspecified atom stereocenters. The predicted molar refractivity (Wildman–Crippen MR) is 70.5 cm³/mol. The van der Waals surface area contributed by atoms with E-state index in [1.165, 1.54) is 12.0 Å². The average molecular weight is 270 g/mol. The van der Waals surface area contributed by atoms with Gasteiger partial charge in [-0.15, -0.1) is 0 Å². The molecule has 0 radical (unpaired) electrons. The minimum Gasteiger partial charge on any atom is -0.467 e. The van der Waals surface area contributed by atoms with Gasteiger partial charge in [-0.2, -0.15) is 0 Å². The molecule has 0 aromatic heterocycles. The molecular weight excluding hydrogens is 248 g/mol. The highest BCUT2D eigenvalue weighted by atomic mass is 16.6. The molecule has 6 nitrogen and oxygen atoms in total. The van der Waals surface area contributed by atoms with Crippen molar-refractivity contribution >= 4 is 12.1 Å². The first-order valence-electron chi connectivity index (χ1n) is 5.98. The quantitative estimate of drug-likeness (QED) is 0.580. The van der Waals surface area contributed by atoms with Crippen LogP contribution < -0.4 is 0 Å². The zero-order valence-electron chi connectivity index (χ0n) is 12.4. The summed E-state index contributed by atoms with van der Waals surface area (Å²) in [6.45, 7) is 15.4. The number of carbonyl (C=O) groups excluding carboxylic acids is 2. The van der Waals surface area contributed by atoms with Crippen LogP contribution in [0.25, 0.3) is 4.85 Å². The summed E-state index contributed by atoms with van der Waals surface area (Å²) < 4.78 is 9.94. The van der Waals surface area contributed by atoms with Crippen molar-refractivity contribution in [2.75, 3.05) is 20.2 Å². The van der Waals surface area contributed by atoms with Crippen molar-refractivity contribution in [2.24, 2.45) is 0 Å². The maximum absolute atomic E-state index is 12.1. The number of methoxy groups -OCH3 is 1. The summed E-state index contributed by atoms with van der Waals surface area (Å²) in [6.07, 6.45) is -0.633. The topological polar surface area (TPSA) is 60.2 Å². The predicted octanol–water partition coefficient (Wildman–Crippen LogP) is 2.09. The second kappa shape index (κ2) is 6.41. The first-order valence-corrected chi connectivity index (χ1v) is 5.98. The Hall–Kier alpha value is -1.77. The molecule has 0 aromatic rings. The lowest BCUT2D eigenvalue weighted by Gasteiger charge is -2.35. The SMILES string of the molecule is [C-]#[N+]CCN(C(=O)OC(C)(C)C)C(C)(C)C(=O)OC. The van der Waals surface area contributed by atoms with E-state index < -0.39 is 23.2 Å². The lowest BCUT2D eigenvalue weighted by atomic mass is 10.0. The third kappa shape index (κ3) is 5.16. The summed E-state index contributed by atoms with van der Waals surface area (Å²) in [4.78, 5) is 28.3. The minimum absolute atomic E-state index is 0.0969. The van der Waals surface area contributed by atoms with Gasteiger partial charge in [0, 0.05) is 0 Å². The molecule has 1 amide bonds. The van der Waals surface area contributed by atoms with Crippen LogP contribution in [0.15, 0.2) is 0 Å². The molecule has 0 bridgehead atoms. The van der Waals surface area contributed by atoms with Gasteiger partial charge < -0.3 is 14.3 Å². The van der Waals surface area contributed by atoms with Gasteiger partial charge in [-0.05, 0) is 34.6 Å². The Morgan fingerprint density at radius 2 is 1.74 bits per heavy atom. The van der Waals surface area contributed by atoms with Gasteiger partial charge in [-0.1, -0.05) is 0 Å². The smallest absolute Gasteiger partial charge is 0.411 e. The summed E-state index contributed by atoms with van der Waals surface area (Å²) in [6, 6.07) is 0. The maximum Gasteiger partial charge on any atom is 0.411 e. The van der Waals surface area contributed by atoms with E-state index in [2.05, 4.69) is 4.85 Å². The van der Waals surface area contributed by atoms with Crippen LogP contribution in [0.5, 0.6) is 0 Å². The van der Waals surface area contributed by atoms with Crippen LogP contribution in [0.1, 0.15) is 34.6 Å². The molecule has 0 fully saturated rings. The van der Waals surface area contributed by atoms with Crippen molar-refractivity contribution in [3.8, 4) is 0 Å². The van der Waals surface area contributed by atoms with E-state index in [-0.39, 0.29) is 13.1 Å².